The van der Waals surface area contributed by atoms with Gasteiger partial charge in [-0.25, -0.2) is 0 Å². The van der Waals surface area contributed by atoms with Crippen LogP contribution in [0.5, 0.6) is 0 Å². The first kappa shape index (κ1) is 22.0. The summed E-state index contributed by atoms with van der Waals surface area (Å²) in [6.07, 6.45) is 12.0. The summed E-state index contributed by atoms with van der Waals surface area (Å²) in [5.74, 6) is 1.52. The highest BCUT2D eigenvalue weighted by molar-refractivity contribution is 5.36. The molecule has 1 saturated carbocycles. The lowest BCUT2D eigenvalue weighted by Gasteiger charge is -2.43. The van der Waals surface area contributed by atoms with Crippen LogP contribution < -0.4 is 0 Å². The van der Waals surface area contributed by atoms with Crippen LogP contribution in [0.25, 0.3) is 0 Å². The molecule has 1 aliphatic rings. The van der Waals surface area contributed by atoms with Crippen molar-refractivity contribution in [1.82, 2.24) is 0 Å². The number of unbranched alkanes of at least 4 members (excludes halogenated alkanes) is 2. The number of nitrogens with zero attached hydrogens (tertiary/aromatic N) is 1. The van der Waals surface area contributed by atoms with Crippen LogP contribution in [-0.4, -0.2) is 13.7 Å². The zero-order chi connectivity index (χ0) is 19.5. The van der Waals surface area contributed by atoms with E-state index in [0.717, 1.165) is 25.9 Å². The number of hydrogen-bond donors (Lipinski definition) is 0. The van der Waals surface area contributed by atoms with Gasteiger partial charge in [0.25, 0.3) is 0 Å². The molecule has 0 N–H and O–H groups in total. The second-order valence-electron chi connectivity index (χ2n) is 8.41. The first-order valence-corrected chi connectivity index (χ1v) is 11.2. The minimum absolute atomic E-state index is 0.347. The maximum absolute atomic E-state index is 10.7. The second-order valence-corrected chi connectivity index (χ2v) is 8.41. The highest BCUT2D eigenvalue weighted by atomic mass is 16.5. The summed E-state index contributed by atoms with van der Waals surface area (Å²) in [5.41, 5.74) is 0.914. The number of methoxy groups -OCH3 is 1. The van der Waals surface area contributed by atoms with Crippen molar-refractivity contribution >= 4 is 0 Å². The maximum Gasteiger partial charge on any atom is 0.0881 e. The molecular formula is C25H39NO. The van der Waals surface area contributed by atoms with Gasteiger partial charge >= 0.3 is 0 Å². The van der Waals surface area contributed by atoms with Gasteiger partial charge in [0.15, 0.2) is 0 Å². The fourth-order valence-corrected chi connectivity index (χ4v) is 5.55. The molecule has 0 spiro atoms. The Kier molecular flexibility index (Phi) is 9.35. The van der Waals surface area contributed by atoms with Crippen LogP contribution in [0.1, 0.15) is 83.6 Å². The van der Waals surface area contributed by atoms with Gasteiger partial charge in [-0.15, -0.1) is 0 Å². The van der Waals surface area contributed by atoms with Crippen LogP contribution >= 0.6 is 0 Å². The molecule has 0 bridgehead atoms. The molecule has 2 rings (SSSR count). The van der Waals surface area contributed by atoms with E-state index in [9.17, 15) is 5.26 Å². The van der Waals surface area contributed by atoms with Crippen molar-refractivity contribution < 1.29 is 4.74 Å². The Morgan fingerprint density at radius 1 is 1.11 bits per heavy atom. The minimum atomic E-state index is -0.347. The summed E-state index contributed by atoms with van der Waals surface area (Å²) in [4.78, 5) is 0. The van der Waals surface area contributed by atoms with Crippen LogP contribution in [0.2, 0.25) is 0 Å². The lowest BCUT2D eigenvalue weighted by Crippen LogP contribution is -2.43. The van der Waals surface area contributed by atoms with Gasteiger partial charge in [0.1, 0.15) is 0 Å². The molecule has 1 fully saturated rings. The second kappa shape index (κ2) is 11.5. The molecule has 0 aromatic heterocycles. The average Bonchev–Trinajstić information content (AvgIpc) is 3.17. The fourth-order valence-electron chi connectivity index (χ4n) is 5.55. The molecule has 1 aromatic carbocycles. The highest BCUT2D eigenvalue weighted by Gasteiger charge is 2.50. The molecule has 1 aromatic rings. The first-order chi connectivity index (χ1) is 13.2. The van der Waals surface area contributed by atoms with E-state index in [1.54, 1.807) is 7.11 Å². The van der Waals surface area contributed by atoms with Crippen LogP contribution in [-0.2, 0) is 10.2 Å². The van der Waals surface area contributed by atoms with E-state index >= 15 is 0 Å². The van der Waals surface area contributed by atoms with Gasteiger partial charge in [-0.2, -0.15) is 5.26 Å². The molecule has 2 heteroatoms. The third kappa shape index (κ3) is 5.14. The fraction of sp³-hybridized carbons (Fsp3) is 0.720. The molecule has 1 aliphatic carbocycles. The summed E-state index contributed by atoms with van der Waals surface area (Å²) >= 11 is 0. The van der Waals surface area contributed by atoms with E-state index in [2.05, 4.69) is 50.2 Å². The number of hydrogen-bond acceptors (Lipinski definition) is 2. The van der Waals surface area contributed by atoms with Crippen LogP contribution in [0.15, 0.2) is 30.3 Å². The quantitative estimate of drug-likeness (QED) is 0.375. The van der Waals surface area contributed by atoms with E-state index in [0.29, 0.717) is 17.8 Å². The standard InChI is InChI=1S/C25H39NO/c1-4-6-8-14-22(12-5-2)25(20-26,23-15-9-7-10-16-23)24-17-11-13-21(24)18-19-27-3/h7,9-10,15-16,21-22,24H,4-6,8,11-14,17-19H2,1-3H3. The van der Waals surface area contributed by atoms with Crippen molar-refractivity contribution in [2.75, 3.05) is 13.7 Å². The van der Waals surface area contributed by atoms with Gasteiger partial charge < -0.3 is 4.74 Å². The number of nitriles is 1. The van der Waals surface area contributed by atoms with Crippen molar-refractivity contribution in [3.63, 3.8) is 0 Å². The van der Waals surface area contributed by atoms with Gasteiger partial charge in [0.2, 0.25) is 0 Å². The van der Waals surface area contributed by atoms with Crippen LogP contribution in [0.4, 0.5) is 0 Å². The molecule has 150 valence electrons. The summed E-state index contributed by atoms with van der Waals surface area (Å²) in [5, 5.41) is 10.7. The topological polar surface area (TPSA) is 33.0 Å². The SMILES string of the molecule is CCCCCC(CCC)C(C#N)(c1ccccc1)C1CCCC1CCOC. The average molecular weight is 370 g/mol. The van der Waals surface area contributed by atoms with Crippen LogP contribution in [0, 0.1) is 29.1 Å². The molecule has 0 heterocycles. The van der Waals surface area contributed by atoms with Gasteiger partial charge in [0.05, 0.1) is 11.5 Å². The van der Waals surface area contributed by atoms with Gasteiger partial charge in [-0.1, -0.05) is 82.7 Å². The third-order valence-electron chi connectivity index (χ3n) is 6.81. The van der Waals surface area contributed by atoms with Crippen molar-refractivity contribution in [3.05, 3.63) is 35.9 Å². The Hall–Kier alpha value is -1.33. The van der Waals surface area contributed by atoms with E-state index in [-0.39, 0.29) is 5.41 Å². The summed E-state index contributed by atoms with van der Waals surface area (Å²) in [6.45, 7) is 5.35. The number of ether oxygens (including phenoxy) is 1. The Labute approximate surface area is 167 Å². The summed E-state index contributed by atoms with van der Waals surface area (Å²) < 4.78 is 5.41. The Morgan fingerprint density at radius 2 is 1.89 bits per heavy atom. The minimum Gasteiger partial charge on any atom is -0.385 e. The van der Waals surface area contributed by atoms with E-state index < -0.39 is 0 Å². The monoisotopic (exact) mass is 369 g/mol. The van der Waals surface area contributed by atoms with Crippen molar-refractivity contribution in [2.45, 2.75) is 83.5 Å². The van der Waals surface area contributed by atoms with Gasteiger partial charge in [0, 0.05) is 13.7 Å². The van der Waals surface area contributed by atoms with E-state index in [1.807, 2.05) is 0 Å². The summed E-state index contributed by atoms with van der Waals surface area (Å²) in [7, 11) is 1.79. The number of benzene rings is 1. The molecule has 0 aliphatic heterocycles. The van der Waals surface area contributed by atoms with Crippen molar-refractivity contribution in [1.29, 1.82) is 5.26 Å². The Balaban J connectivity index is 2.44. The Bertz CT molecular complexity index is 563. The maximum atomic E-state index is 10.7. The van der Waals surface area contributed by atoms with Gasteiger partial charge in [-0.05, 0) is 49.0 Å². The number of rotatable bonds is 12. The molecule has 0 amide bonds. The van der Waals surface area contributed by atoms with Gasteiger partial charge in [-0.3, -0.25) is 0 Å². The molecule has 0 radical (unpaired) electrons. The molecular weight excluding hydrogens is 330 g/mol. The molecule has 0 saturated heterocycles. The van der Waals surface area contributed by atoms with E-state index in [1.165, 1.54) is 50.5 Å². The molecule has 2 nitrogen and oxygen atoms in total. The zero-order valence-electron chi connectivity index (χ0n) is 17.8. The predicted molar refractivity (Wildman–Crippen MR) is 114 cm³/mol. The lowest BCUT2D eigenvalue weighted by atomic mass is 9.58. The Morgan fingerprint density at radius 3 is 2.52 bits per heavy atom. The van der Waals surface area contributed by atoms with E-state index in [4.69, 9.17) is 4.74 Å². The predicted octanol–water partition coefficient (Wildman–Crippen LogP) is 6.90. The first-order valence-electron chi connectivity index (χ1n) is 11.2. The van der Waals surface area contributed by atoms with Crippen molar-refractivity contribution in [2.24, 2.45) is 17.8 Å². The third-order valence-corrected chi connectivity index (χ3v) is 6.81. The lowest BCUT2D eigenvalue weighted by molar-refractivity contribution is 0.125. The summed E-state index contributed by atoms with van der Waals surface area (Å²) in [6, 6.07) is 13.7. The molecule has 4 atom stereocenters. The van der Waals surface area contributed by atoms with Crippen molar-refractivity contribution in [3.8, 4) is 6.07 Å². The van der Waals surface area contributed by atoms with Crippen LogP contribution in [0.3, 0.4) is 0 Å². The molecule has 4 unspecified atom stereocenters. The highest BCUT2D eigenvalue weighted by Crippen LogP contribution is 2.52. The zero-order valence-corrected chi connectivity index (χ0v) is 17.8. The normalized spacial score (nSPS) is 22.9. The molecule has 27 heavy (non-hydrogen) atoms. The smallest absolute Gasteiger partial charge is 0.0881 e. The largest absolute Gasteiger partial charge is 0.385 e.